The summed E-state index contributed by atoms with van der Waals surface area (Å²) in [4.78, 5) is 27.9. The summed E-state index contributed by atoms with van der Waals surface area (Å²) in [6, 6.07) is 3.12. The first kappa shape index (κ1) is 28.7. The van der Waals surface area contributed by atoms with Crippen molar-refractivity contribution >= 4 is 46.4 Å². The highest BCUT2D eigenvalue weighted by molar-refractivity contribution is 6.31. The number of amides is 1. The first-order valence-electron chi connectivity index (χ1n) is 12.6. The molecule has 1 amide bonds. The lowest BCUT2D eigenvalue weighted by Gasteiger charge is -2.34. The van der Waals surface area contributed by atoms with Crippen LogP contribution in [0.15, 0.2) is 24.4 Å². The van der Waals surface area contributed by atoms with Gasteiger partial charge in [0.05, 0.1) is 11.8 Å². The average molecular weight is 568 g/mol. The zero-order valence-corrected chi connectivity index (χ0v) is 23.5. The minimum Gasteiger partial charge on any atom is -0.444 e. The number of carbonyl (C=O) groups is 1. The zero-order valence-electron chi connectivity index (χ0n) is 22.8. The third kappa shape index (κ3) is 7.23. The van der Waals surface area contributed by atoms with E-state index in [4.69, 9.17) is 21.3 Å². The summed E-state index contributed by atoms with van der Waals surface area (Å²) < 4.78 is 47.7. The number of nitrogens with one attached hydrogen (secondary N) is 2. The molecule has 2 N–H and O–H groups in total. The van der Waals surface area contributed by atoms with E-state index in [0.29, 0.717) is 49.0 Å². The molecule has 4 rings (SSSR count). The molecule has 1 fully saturated rings. The van der Waals surface area contributed by atoms with Gasteiger partial charge >= 0.3 is 12.3 Å². The summed E-state index contributed by atoms with van der Waals surface area (Å²) in [7, 11) is 0. The topological polar surface area (TPSA) is 97.2 Å². The number of likely N-dealkylation sites (tertiary alicyclic amines) is 1. The quantitative estimate of drug-likeness (QED) is 0.349. The molecule has 0 spiro atoms. The smallest absolute Gasteiger partial charge is 0.416 e. The maximum Gasteiger partial charge on any atom is 0.416 e. The van der Waals surface area contributed by atoms with Crippen LogP contribution >= 0.6 is 11.6 Å². The van der Waals surface area contributed by atoms with Crippen LogP contribution in [0.5, 0.6) is 0 Å². The molecule has 212 valence electrons. The molecule has 1 aromatic carbocycles. The van der Waals surface area contributed by atoms with Crippen molar-refractivity contribution in [1.82, 2.24) is 24.4 Å². The lowest BCUT2D eigenvalue weighted by atomic mass is 10.1. The molecule has 1 saturated heterocycles. The van der Waals surface area contributed by atoms with E-state index >= 15 is 0 Å². The van der Waals surface area contributed by atoms with Crippen LogP contribution in [-0.2, 0) is 10.9 Å². The van der Waals surface area contributed by atoms with Crippen LogP contribution in [0.1, 0.15) is 66.0 Å². The second-order valence-corrected chi connectivity index (χ2v) is 12.1. The number of carbonyl (C=O) groups excluding carboxylic acids is 1. The van der Waals surface area contributed by atoms with Crippen molar-refractivity contribution in [3.05, 3.63) is 35.0 Å². The Morgan fingerprint density at radius 1 is 1.05 bits per heavy atom. The van der Waals surface area contributed by atoms with Crippen LogP contribution < -0.4 is 10.6 Å². The second-order valence-electron chi connectivity index (χ2n) is 11.6. The fourth-order valence-electron chi connectivity index (χ4n) is 4.31. The molecule has 9 nitrogen and oxygen atoms in total. The van der Waals surface area contributed by atoms with Crippen LogP contribution in [0.3, 0.4) is 0 Å². The van der Waals surface area contributed by atoms with Crippen molar-refractivity contribution in [3.63, 3.8) is 0 Å². The Labute approximate surface area is 230 Å². The highest BCUT2D eigenvalue weighted by Gasteiger charge is 2.32. The molecule has 39 heavy (non-hydrogen) atoms. The van der Waals surface area contributed by atoms with E-state index in [0.717, 1.165) is 12.1 Å². The van der Waals surface area contributed by atoms with Crippen molar-refractivity contribution in [2.45, 2.75) is 77.7 Å². The number of hydrogen-bond donors (Lipinski definition) is 2. The Morgan fingerprint density at radius 2 is 1.72 bits per heavy atom. The third-order valence-corrected chi connectivity index (χ3v) is 6.10. The Bertz CT molecular complexity index is 1350. The van der Waals surface area contributed by atoms with Gasteiger partial charge in [-0.3, -0.25) is 4.57 Å². The molecule has 0 unspecified atom stereocenters. The van der Waals surface area contributed by atoms with Gasteiger partial charge < -0.3 is 20.3 Å². The molecule has 0 atom stereocenters. The molecule has 0 saturated carbocycles. The molecule has 0 bridgehead atoms. The van der Waals surface area contributed by atoms with Gasteiger partial charge in [0.1, 0.15) is 11.1 Å². The fraction of sp³-hybridized carbons (Fsp3) is 0.538. The molecule has 0 radical (unpaired) electrons. The summed E-state index contributed by atoms with van der Waals surface area (Å²) in [6.45, 7) is 12.3. The van der Waals surface area contributed by atoms with Gasteiger partial charge in [-0.1, -0.05) is 11.6 Å². The van der Waals surface area contributed by atoms with Gasteiger partial charge in [0, 0.05) is 35.4 Å². The van der Waals surface area contributed by atoms with Crippen molar-refractivity contribution in [2.75, 3.05) is 23.7 Å². The van der Waals surface area contributed by atoms with Gasteiger partial charge in [0.25, 0.3) is 0 Å². The number of alkyl halides is 3. The SMILES string of the molecule is CC(C)(C)Nc1ncc2nc(Nc3cc(Cl)cc(C(F)(F)F)c3)n(C3CCN(C(=O)OC(C)(C)C)CC3)c2n1. The molecule has 3 aromatic rings. The zero-order chi connectivity index (χ0) is 28.8. The number of imidazole rings is 1. The maximum absolute atomic E-state index is 13.4. The number of anilines is 3. The first-order valence-corrected chi connectivity index (χ1v) is 13.0. The van der Waals surface area contributed by atoms with Crippen molar-refractivity contribution in [3.8, 4) is 0 Å². The monoisotopic (exact) mass is 567 g/mol. The molecule has 2 aromatic heterocycles. The lowest BCUT2D eigenvalue weighted by molar-refractivity contribution is -0.137. The number of fused-ring (bicyclic) bond motifs is 1. The van der Waals surface area contributed by atoms with Gasteiger partial charge in [-0.2, -0.15) is 18.2 Å². The number of halogens is 4. The van der Waals surface area contributed by atoms with Gasteiger partial charge in [0.2, 0.25) is 11.9 Å². The molecule has 0 aliphatic carbocycles. The second kappa shape index (κ2) is 10.4. The van der Waals surface area contributed by atoms with Crippen LogP contribution in [0.4, 0.5) is 35.5 Å². The molecule has 13 heteroatoms. The average Bonchev–Trinajstić information content (AvgIpc) is 3.13. The highest BCUT2D eigenvalue weighted by atomic mass is 35.5. The largest absolute Gasteiger partial charge is 0.444 e. The van der Waals surface area contributed by atoms with E-state index < -0.39 is 17.3 Å². The van der Waals surface area contributed by atoms with E-state index in [1.807, 2.05) is 46.1 Å². The van der Waals surface area contributed by atoms with Gasteiger partial charge in [-0.15, -0.1) is 0 Å². The highest BCUT2D eigenvalue weighted by Crippen LogP contribution is 2.36. The van der Waals surface area contributed by atoms with Crippen molar-refractivity contribution < 1.29 is 22.7 Å². The van der Waals surface area contributed by atoms with E-state index in [1.165, 1.54) is 6.07 Å². The Morgan fingerprint density at radius 3 is 2.31 bits per heavy atom. The fourth-order valence-corrected chi connectivity index (χ4v) is 4.54. The van der Waals surface area contributed by atoms with E-state index in [2.05, 4.69) is 20.6 Å². The molecular formula is C26H33ClF3N7O2. The lowest BCUT2D eigenvalue weighted by Crippen LogP contribution is -2.42. The van der Waals surface area contributed by atoms with E-state index in [-0.39, 0.29) is 28.4 Å². The molecule has 3 heterocycles. The Balaban J connectivity index is 1.70. The van der Waals surface area contributed by atoms with Crippen LogP contribution in [0, 0.1) is 0 Å². The molecular weight excluding hydrogens is 535 g/mol. The first-order chi connectivity index (χ1) is 18.0. The van der Waals surface area contributed by atoms with Crippen LogP contribution in [0.25, 0.3) is 11.2 Å². The predicted octanol–water partition coefficient (Wildman–Crippen LogP) is 7.02. The Kier molecular flexibility index (Phi) is 7.63. The number of benzene rings is 1. The Hall–Kier alpha value is -3.28. The number of nitrogens with zero attached hydrogens (tertiary/aromatic N) is 5. The molecule has 1 aliphatic heterocycles. The minimum atomic E-state index is -4.56. The van der Waals surface area contributed by atoms with Gasteiger partial charge in [-0.05, 0) is 72.6 Å². The number of ether oxygens (including phenoxy) is 1. The third-order valence-electron chi connectivity index (χ3n) is 5.88. The molecule has 1 aliphatic rings. The summed E-state index contributed by atoms with van der Waals surface area (Å²) in [5.41, 5.74) is -0.642. The summed E-state index contributed by atoms with van der Waals surface area (Å²) >= 11 is 6.02. The maximum atomic E-state index is 13.4. The minimum absolute atomic E-state index is 0.0582. The van der Waals surface area contributed by atoms with E-state index in [1.54, 1.807) is 11.1 Å². The van der Waals surface area contributed by atoms with Crippen molar-refractivity contribution in [2.24, 2.45) is 0 Å². The van der Waals surface area contributed by atoms with Crippen LogP contribution in [0.2, 0.25) is 5.02 Å². The van der Waals surface area contributed by atoms with Crippen LogP contribution in [-0.4, -0.2) is 54.7 Å². The van der Waals surface area contributed by atoms with Gasteiger partial charge in [-0.25, -0.2) is 14.8 Å². The number of piperidine rings is 1. The summed E-state index contributed by atoms with van der Waals surface area (Å²) in [6.07, 6.45) is -2.24. The number of hydrogen-bond acceptors (Lipinski definition) is 7. The predicted molar refractivity (Wildman–Crippen MR) is 145 cm³/mol. The standard InChI is InChI=1S/C26H33ClF3N7O2/c1-24(2,3)35-21-31-14-19-20(34-21)37(18-7-9-36(10-8-18)23(38)39-25(4,5)6)22(33-19)32-17-12-15(26(28,29)30)11-16(27)13-17/h11-14,18H,7-10H2,1-6H3,(H,32,33)(H,31,34,35). The summed E-state index contributed by atoms with van der Waals surface area (Å²) in [5, 5.41) is 6.20. The van der Waals surface area contributed by atoms with E-state index in [9.17, 15) is 18.0 Å². The summed E-state index contributed by atoms with van der Waals surface area (Å²) in [5.74, 6) is 0.703. The number of rotatable bonds is 4. The van der Waals surface area contributed by atoms with Gasteiger partial charge in [0.15, 0.2) is 5.65 Å². The normalized spacial score (nSPS) is 15.5. The number of aromatic nitrogens is 4. The van der Waals surface area contributed by atoms with Crippen molar-refractivity contribution in [1.29, 1.82) is 0 Å².